The smallest absolute Gasteiger partial charge is 0.310 e. The zero-order valence-corrected chi connectivity index (χ0v) is 11.7. The minimum absolute atomic E-state index is 0.0144. The summed E-state index contributed by atoms with van der Waals surface area (Å²) >= 11 is 0. The van der Waals surface area contributed by atoms with Crippen LogP contribution in [0.4, 0.5) is 0 Å². The second-order valence-corrected chi connectivity index (χ2v) is 7.64. The number of hydrogen-bond donors (Lipinski definition) is 2. The van der Waals surface area contributed by atoms with Crippen LogP contribution in [-0.2, 0) is 14.6 Å². The maximum absolute atomic E-state index is 11.7. The first-order valence-electron chi connectivity index (χ1n) is 6.49. The molecule has 0 heterocycles. The van der Waals surface area contributed by atoms with Crippen molar-refractivity contribution in [3.63, 3.8) is 0 Å². The summed E-state index contributed by atoms with van der Waals surface area (Å²) < 4.78 is 23.4. The van der Waals surface area contributed by atoms with Crippen molar-refractivity contribution in [1.29, 1.82) is 0 Å². The SMILES string of the molecule is CCCS(=O)(=O)CCC(CN)(CC1CC1)C(=O)O. The molecule has 0 aromatic carbocycles. The number of nitrogens with two attached hydrogens (primary N) is 1. The van der Waals surface area contributed by atoms with Crippen molar-refractivity contribution in [2.75, 3.05) is 18.1 Å². The lowest BCUT2D eigenvalue weighted by molar-refractivity contribution is -0.149. The summed E-state index contributed by atoms with van der Waals surface area (Å²) in [6.45, 7) is 1.82. The van der Waals surface area contributed by atoms with Gasteiger partial charge in [-0.2, -0.15) is 0 Å². The fourth-order valence-corrected chi connectivity index (χ4v) is 3.74. The van der Waals surface area contributed by atoms with Crippen LogP contribution in [0.5, 0.6) is 0 Å². The fraction of sp³-hybridized carbons (Fsp3) is 0.917. The van der Waals surface area contributed by atoms with Crippen molar-refractivity contribution >= 4 is 15.8 Å². The second kappa shape index (κ2) is 6.02. The predicted octanol–water partition coefficient (Wildman–Crippen LogP) is 1.03. The Morgan fingerprint density at radius 2 is 2.00 bits per heavy atom. The maximum Gasteiger partial charge on any atom is 0.310 e. The van der Waals surface area contributed by atoms with Gasteiger partial charge in [-0.3, -0.25) is 4.79 Å². The first-order valence-corrected chi connectivity index (χ1v) is 8.31. The first-order chi connectivity index (χ1) is 8.35. The van der Waals surface area contributed by atoms with Crippen LogP contribution >= 0.6 is 0 Å². The standard InChI is InChI=1S/C12H23NO4S/c1-2-6-18(16,17)7-5-12(9-13,11(14)15)8-10-3-4-10/h10H,2-9,13H2,1H3,(H,14,15). The third kappa shape index (κ3) is 4.24. The van der Waals surface area contributed by atoms with Gasteiger partial charge in [0.05, 0.1) is 11.2 Å². The predicted molar refractivity (Wildman–Crippen MR) is 70.0 cm³/mol. The number of hydrogen-bond acceptors (Lipinski definition) is 4. The highest BCUT2D eigenvalue weighted by molar-refractivity contribution is 7.91. The summed E-state index contributed by atoms with van der Waals surface area (Å²) in [4.78, 5) is 11.4. The van der Waals surface area contributed by atoms with Crippen molar-refractivity contribution in [2.45, 2.75) is 39.0 Å². The van der Waals surface area contributed by atoms with E-state index in [1.165, 1.54) is 0 Å². The van der Waals surface area contributed by atoms with Crippen LogP contribution in [0.3, 0.4) is 0 Å². The topological polar surface area (TPSA) is 97.5 Å². The molecule has 1 unspecified atom stereocenters. The molecule has 1 rings (SSSR count). The van der Waals surface area contributed by atoms with Crippen LogP contribution in [0.15, 0.2) is 0 Å². The maximum atomic E-state index is 11.7. The van der Waals surface area contributed by atoms with Gasteiger partial charge in [0.2, 0.25) is 0 Å². The molecule has 0 aromatic rings. The Balaban J connectivity index is 2.68. The molecular weight excluding hydrogens is 254 g/mol. The third-order valence-electron chi connectivity index (χ3n) is 3.63. The van der Waals surface area contributed by atoms with E-state index < -0.39 is 21.2 Å². The second-order valence-electron chi connectivity index (χ2n) is 5.34. The Morgan fingerprint density at radius 1 is 1.39 bits per heavy atom. The van der Waals surface area contributed by atoms with E-state index in [1.54, 1.807) is 6.92 Å². The molecular formula is C12H23NO4S. The van der Waals surface area contributed by atoms with Gasteiger partial charge in [-0.05, 0) is 25.2 Å². The van der Waals surface area contributed by atoms with Gasteiger partial charge in [0.1, 0.15) is 9.84 Å². The number of carboxylic acids is 1. The normalized spacial score (nSPS) is 19.4. The van der Waals surface area contributed by atoms with Gasteiger partial charge in [0, 0.05) is 12.3 Å². The van der Waals surface area contributed by atoms with Crippen LogP contribution in [0, 0.1) is 11.3 Å². The summed E-state index contributed by atoms with van der Waals surface area (Å²) in [5.74, 6) is -0.490. The van der Waals surface area contributed by atoms with Crippen molar-refractivity contribution in [2.24, 2.45) is 17.1 Å². The highest BCUT2D eigenvalue weighted by Gasteiger charge is 2.42. The Morgan fingerprint density at radius 3 is 2.39 bits per heavy atom. The fourth-order valence-electron chi connectivity index (χ4n) is 2.21. The lowest BCUT2D eigenvalue weighted by Gasteiger charge is -2.27. The van der Waals surface area contributed by atoms with Gasteiger partial charge in [0.25, 0.3) is 0 Å². The molecule has 0 radical (unpaired) electrons. The van der Waals surface area contributed by atoms with E-state index in [1.807, 2.05) is 0 Å². The zero-order valence-electron chi connectivity index (χ0n) is 10.9. The number of carbonyl (C=O) groups is 1. The number of sulfone groups is 1. The average molecular weight is 277 g/mol. The summed E-state index contributed by atoms with van der Waals surface area (Å²) in [6.07, 6.45) is 3.29. The Hall–Kier alpha value is -0.620. The molecule has 1 aliphatic carbocycles. The van der Waals surface area contributed by atoms with Gasteiger partial charge < -0.3 is 10.8 Å². The number of aliphatic carboxylic acids is 1. The van der Waals surface area contributed by atoms with Crippen LogP contribution in [0.2, 0.25) is 0 Å². The largest absolute Gasteiger partial charge is 0.481 e. The van der Waals surface area contributed by atoms with E-state index in [2.05, 4.69) is 0 Å². The molecule has 0 aromatic heterocycles. The monoisotopic (exact) mass is 277 g/mol. The molecule has 0 aliphatic heterocycles. The third-order valence-corrected chi connectivity index (χ3v) is 5.48. The van der Waals surface area contributed by atoms with Gasteiger partial charge in [0.15, 0.2) is 0 Å². The van der Waals surface area contributed by atoms with E-state index in [-0.39, 0.29) is 24.5 Å². The molecule has 0 saturated heterocycles. The van der Waals surface area contributed by atoms with Gasteiger partial charge in [-0.25, -0.2) is 8.42 Å². The summed E-state index contributed by atoms with van der Waals surface area (Å²) in [7, 11) is -3.14. The molecule has 1 atom stereocenters. The zero-order chi connectivity index (χ0) is 13.8. The minimum Gasteiger partial charge on any atom is -0.481 e. The summed E-state index contributed by atoms with van der Waals surface area (Å²) in [5, 5.41) is 9.35. The Labute approximate surface area is 109 Å². The molecule has 5 nitrogen and oxygen atoms in total. The molecule has 1 saturated carbocycles. The Bertz CT molecular complexity index is 389. The van der Waals surface area contributed by atoms with Crippen molar-refractivity contribution in [3.05, 3.63) is 0 Å². The average Bonchev–Trinajstić information content (AvgIpc) is 3.07. The van der Waals surface area contributed by atoms with Crippen molar-refractivity contribution in [1.82, 2.24) is 0 Å². The quantitative estimate of drug-likeness (QED) is 0.656. The van der Waals surface area contributed by atoms with Gasteiger partial charge in [-0.1, -0.05) is 19.8 Å². The molecule has 106 valence electrons. The molecule has 0 bridgehead atoms. The van der Waals surface area contributed by atoms with E-state index in [0.29, 0.717) is 18.8 Å². The summed E-state index contributed by atoms with van der Waals surface area (Å²) in [5.41, 5.74) is 4.56. The van der Waals surface area contributed by atoms with Gasteiger partial charge >= 0.3 is 5.97 Å². The highest BCUT2D eigenvalue weighted by atomic mass is 32.2. The molecule has 18 heavy (non-hydrogen) atoms. The lowest BCUT2D eigenvalue weighted by Crippen LogP contribution is -2.41. The van der Waals surface area contributed by atoms with E-state index in [4.69, 9.17) is 5.73 Å². The number of carboxylic acid groups (broad SMARTS) is 1. The highest BCUT2D eigenvalue weighted by Crippen LogP contribution is 2.42. The minimum atomic E-state index is -3.14. The molecule has 6 heteroatoms. The van der Waals surface area contributed by atoms with Crippen molar-refractivity contribution in [3.8, 4) is 0 Å². The summed E-state index contributed by atoms with van der Waals surface area (Å²) in [6, 6.07) is 0. The van der Waals surface area contributed by atoms with E-state index in [9.17, 15) is 18.3 Å². The first kappa shape index (κ1) is 15.4. The lowest BCUT2D eigenvalue weighted by atomic mass is 9.80. The van der Waals surface area contributed by atoms with Crippen LogP contribution in [-0.4, -0.2) is 37.5 Å². The van der Waals surface area contributed by atoms with Crippen molar-refractivity contribution < 1.29 is 18.3 Å². The molecule has 1 aliphatic rings. The molecule has 0 amide bonds. The molecule has 1 fully saturated rings. The van der Waals surface area contributed by atoms with Crippen LogP contribution in [0.25, 0.3) is 0 Å². The van der Waals surface area contributed by atoms with Gasteiger partial charge in [-0.15, -0.1) is 0 Å². The van der Waals surface area contributed by atoms with Crippen LogP contribution in [0.1, 0.15) is 39.0 Å². The Kier molecular flexibility index (Phi) is 5.16. The molecule has 3 N–H and O–H groups in total. The number of rotatable bonds is 9. The van der Waals surface area contributed by atoms with Crippen LogP contribution < -0.4 is 5.73 Å². The molecule has 0 spiro atoms. The van der Waals surface area contributed by atoms with E-state index >= 15 is 0 Å². The van der Waals surface area contributed by atoms with E-state index in [0.717, 1.165) is 12.8 Å².